The van der Waals surface area contributed by atoms with Crippen molar-refractivity contribution in [3.05, 3.63) is 45.6 Å². The molecule has 0 radical (unpaired) electrons. The van der Waals surface area contributed by atoms with Crippen molar-refractivity contribution in [3.63, 3.8) is 0 Å². The predicted octanol–water partition coefficient (Wildman–Crippen LogP) is 2.83. The second-order valence-corrected chi connectivity index (χ2v) is 4.22. The van der Waals surface area contributed by atoms with Crippen molar-refractivity contribution in [1.82, 2.24) is 0 Å². The molecule has 2 aromatic rings. The highest BCUT2D eigenvalue weighted by atomic mass is 32.1. The molecule has 1 aliphatic rings. The molecule has 0 N–H and O–H groups in total. The average molecular weight is 211 g/mol. The Morgan fingerprint density at radius 1 is 1.20 bits per heavy atom. The Morgan fingerprint density at radius 2 is 1.93 bits per heavy atom. The molecule has 0 bridgehead atoms. The summed E-state index contributed by atoms with van der Waals surface area (Å²) >= 11 is 1.36. The Hall–Kier alpha value is -1.92. The lowest BCUT2D eigenvalue weighted by molar-refractivity contribution is 0.104. The number of nitrogens with zero attached hydrogens (tertiary/aromatic N) is 1. The van der Waals surface area contributed by atoms with Crippen molar-refractivity contribution in [2.45, 2.75) is 0 Å². The molecule has 15 heavy (non-hydrogen) atoms. The quantitative estimate of drug-likeness (QED) is 0.573. The maximum absolute atomic E-state index is 11.9. The first-order valence-electron chi connectivity index (χ1n) is 4.48. The fourth-order valence-corrected chi connectivity index (χ4v) is 2.86. The van der Waals surface area contributed by atoms with Crippen molar-refractivity contribution in [1.29, 1.82) is 5.26 Å². The Labute approximate surface area is 90.4 Å². The van der Waals surface area contributed by atoms with Crippen molar-refractivity contribution in [3.8, 4) is 17.2 Å². The monoisotopic (exact) mass is 211 g/mol. The molecular formula is C12H5NOS. The molecule has 0 saturated carbocycles. The van der Waals surface area contributed by atoms with Gasteiger partial charge in [-0.3, -0.25) is 4.79 Å². The first kappa shape index (κ1) is 8.39. The molecule has 1 heterocycles. The third kappa shape index (κ3) is 0.943. The van der Waals surface area contributed by atoms with Crippen LogP contribution in [-0.4, -0.2) is 5.78 Å². The Balaban J connectivity index is 2.43. The minimum absolute atomic E-state index is 0.0482. The number of benzene rings is 1. The summed E-state index contributed by atoms with van der Waals surface area (Å²) in [5.41, 5.74) is 3.04. The van der Waals surface area contributed by atoms with Crippen LogP contribution in [0.1, 0.15) is 20.8 Å². The number of nitriles is 1. The Morgan fingerprint density at radius 3 is 2.67 bits per heavy atom. The standard InChI is InChI=1S/C12H5NOS/c13-5-7-6-15-12-10(7)8-3-1-2-4-9(8)11(12)14/h1-4,6H. The van der Waals surface area contributed by atoms with Crippen LogP contribution in [0, 0.1) is 11.3 Å². The van der Waals surface area contributed by atoms with Crippen LogP contribution in [0.3, 0.4) is 0 Å². The van der Waals surface area contributed by atoms with E-state index in [0.717, 1.165) is 16.7 Å². The largest absolute Gasteiger partial charge is 0.288 e. The van der Waals surface area contributed by atoms with Gasteiger partial charge in [-0.05, 0) is 5.56 Å². The van der Waals surface area contributed by atoms with Crippen LogP contribution in [0.2, 0.25) is 0 Å². The molecule has 3 heteroatoms. The molecule has 0 saturated heterocycles. The number of thiophene rings is 1. The summed E-state index contributed by atoms with van der Waals surface area (Å²) in [6.07, 6.45) is 0. The van der Waals surface area contributed by atoms with E-state index in [2.05, 4.69) is 6.07 Å². The van der Waals surface area contributed by atoms with Crippen molar-refractivity contribution in [2.75, 3.05) is 0 Å². The fraction of sp³-hybridized carbons (Fsp3) is 0. The van der Waals surface area contributed by atoms with Gasteiger partial charge < -0.3 is 0 Å². The molecule has 0 fully saturated rings. The minimum Gasteiger partial charge on any atom is -0.288 e. The molecule has 0 unspecified atom stereocenters. The van der Waals surface area contributed by atoms with E-state index in [0.29, 0.717) is 10.4 Å². The van der Waals surface area contributed by atoms with E-state index in [1.54, 1.807) is 5.38 Å². The molecule has 0 aliphatic heterocycles. The van der Waals surface area contributed by atoms with Gasteiger partial charge in [0, 0.05) is 16.5 Å². The molecule has 70 valence electrons. The van der Waals surface area contributed by atoms with Gasteiger partial charge in [-0.15, -0.1) is 11.3 Å². The molecule has 0 amide bonds. The van der Waals surface area contributed by atoms with Gasteiger partial charge in [0.15, 0.2) is 0 Å². The normalized spacial score (nSPS) is 12.1. The SMILES string of the molecule is N#Cc1csc2c1-c1ccccc1C2=O. The molecule has 0 spiro atoms. The average Bonchev–Trinajstić information content (AvgIpc) is 2.81. The van der Waals surface area contributed by atoms with E-state index in [-0.39, 0.29) is 5.78 Å². The number of carbonyl (C=O) groups excluding carboxylic acids is 1. The predicted molar refractivity (Wildman–Crippen MR) is 57.9 cm³/mol. The summed E-state index contributed by atoms with van der Waals surface area (Å²) < 4.78 is 0. The van der Waals surface area contributed by atoms with Gasteiger partial charge >= 0.3 is 0 Å². The number of carbonyl (C=O) groups is 1. The first-order chi connectivity index (χ1) is 7.33. The number of hydrogen-bond donors (Lipinski definition) is 0. The summed E-state index contributed by atoms with van der Waals surface area (Å²) in [7, 11) is 0. The fourth-order valence-electron chi connectivity index (χ4n) is 1.90. The van der Waals surface area contributed by atoms with E-state index in [1.807, 2.05) is 24.3 Å². The highest BCUT2D eigenvalue weighted by Crippen LogP contribution is 2.41. The van der Waals surface area contributed by atoms with Gasteiger partial charge in [0.1, 0.15) is 6.07 Å². The highest BCUT2D eigenvalue weighted by molar-refractivity contribution is 7.13. The molecular weight excluding hydrogens is 206 g/mol. The van der Waals surface area contributed by atoms with E-state index < -0.39 is 0 Å². The smallest absolute Gasteiger partial charge is 0.204 e. The second kappa shape index (κ2) is 2.78. The van der Waals surface area contributed by atoms with Crippen LogP contribution >= 0.6 is 11.3 Å². The number of fused-ring (bicyclic) bond motifs is 3. The molecule has 0 atom stereocenters. The third-order valence-electron chi connectivity index (χ3n) is 2.56. The summed E-state index contributed by atoms with van der Waals surface area (Å²) in [6, 6.07) is 9.57. The maximum atomic E-state index is 11.9. The van der Waals surface area contributed by atoms with E-state index in [4.69, 9.17) is 5.26 Å². The first-order valence-corrected chi connectivity index (χ1v) is 5.36. The highest BCUT2D eigenvalue weighted by Gasteiger charge is 2.30. The van der Waals surface area contributed by atoms with E-state index in [1.165, 1.54) is 11.3 Å². The third-order valence-corrected chi connectivity index (χ3v) is 3.54. The number of hydrogen-bond acceptors (Lipinski definition) is 3. The van der Waals surface area contributed by atoms with Gasteiger partial charge in [-0.2, -0.15) is 5.26 Å². The summed E-state index contributed by atoms with van der Waals surface area (Å²) in [4.78, 5) is 12.6. The zero-order valence-corrected chi connectivity index (χ0v) is 8.47. The molecule has 2 nitrogen and oxygen atoms in total. The molecule has 1 aromatic carbocycles. The lowest BCUT2D eigenvalue weighted by Gasteiger charge is -1.96. The summed E-state index contributed by atoms with van der Waals surface area (Å²) in [5, 5.41) is 10.7. The zero-order chi connectivity index (χ0) is 10.4. The van der Waals surface area contributed by atoms with Crippen molar-refractivity contribution < 1.29 is 4.79 Å². The Kier molecular flexibility index (Phi) is 1.56. The lowest BCUT2D eigenvalue weighted by Crippen LogP contribution is -1.91. The van der Waals surface area contributed by atoms with Crippen molar-refractivity contribution in [2.24, 2.45) is 0 Å². The van der Waals surface area contributed by atoms with Gasteiger partial charge in [-0.1, -0.05) is 24.3 Å². The van der Waals surface area contributed by atoms with Crippen LogP contribution in [0.15, 0.2) is 29.6 Å². The van der Waals surface area contributed by atoms with Crippen LogP contribution in [0.4, 0.5) is 0 Å². The van der Waals surface area contributed by atoms with Gasteiger partial charge in [0.05, 0.1) is 10.4 Å². The van der Waals surface area contributed by atoms with Crippen LogP contribution < -0.4 is 0 Å². The second-order valence-electron chi connectivity index (χ2n) is 3.34. The van der Waals surface area contributed by atoms with E-state index in [9.17, 15) is 4.79 Å². The van der Waals surface area contributed by atoms with Crippen LogP contribution in [0.25, 0.3) is 11.1 Å². The van der Waals surface area contributed by atoms with Crippen LogP contribution in [0.5, 0.6) is 0 Å². The van der Waals surface area contributed by atoms with Gasteiger partial charge in [0.25, 0.3) is 0 Å². The molecule has 3 rings (SSSR count). The lowest BCUT2D eigenvalue weighted by atomic mass is 10.1. The Bertz CT molecular complexity index is 619. The van der Waals surface area contributed by atoms with E-state index >= 15 is 0 Å². The van der Waals surface area contributed by atoms with Crippen molar-refractivity contribution >= 4 is 17.1 Å². The van der Waals surface area contributed by atoms with Gasteiger partial charge in [0.2, 0.25) is 5.78 Å². The maximum Gasteiger partial charge on any atom is 0.204 e. The number of rotatable bonds is 0. The zero-order valence-electron chi connectivity index (χ0n) is 7.65. The van der Waals surface area contributed by atoms with Crippen LogP contribution in [-0.2, 0) is 0 Å². The summed E-state index contributed by atoms with van der Waals surface area (Å²) in [6.45, 7) is 0. The number of ketones is 1. The molecule has 1 aromatic heterocycles. The molecule has 1 aliphatic carbocycles. The minimum atomic E-state index is 0.0482. The topological polar surface area (TPSA) is 40.9 Å². The van der Waals surface area contributed by atoms with Gasteiger partial charge in [-0.25, -0.2) is 0 Å². The summed E-state index contributed by atoms with van der Waals surface area (Å²) in [5.74, 6) is 0.0482.